The number of carbonyl (C=O) groups is 1. The number of aryl methyl sites for hydroxylation is 1. The number of rotatable bonds is 2. The summed E-state index contributed by atoms with van der Waals surface area (Å²) >= 11 is 0. The Labute approximate surface area is 81.6 Å². The average Bonchev–Trinajstić information content (AvgIpc) is 2.44. The quantitative estimate of drug-likeness (QED) is 0.712. The summed E-state index contributed by atoms with van der Waals surface area (Å²) < 4.78 is 1.75. The SMILES string of the molecule is CC(=O)Cc1nc(C)n2ncccc12. The minimum atomic E-state index is 0.119. The Morgan fingerprint density at radius 1 is 1.57 bits per heavy atom. The van der Waals surface area contributed by atoms with Crippen LogP contribution in [0, 0.1) is 6.92 Å². The molecule has 72 valence electrons. The average molecular weight is 189 g/mol. The third-order valence-corrected chi connectivity index (χ3v) is 2.07. The van der Waals surface area contributed by atoms with Gasteiger partial charge in [-0.2, -0.15) is 5.10 Å². The van der Waals surface area contributed by atoms with Crippen LogP contribution < -0.4 is 0 Å². The summed E-state index contributed by atoms with van der Waals surface area (Å²) in [5.41, 5.74) is 1.73. The van der Waals surface area contributed by atoms with Crippen LogP contribution >= 0.6 is 0 Å². The Morgan fingerprint density at radius 2 is 2.36 bits per heavy atom. The van der Waals surface area contributed by atoms with Gasteiger partial charge in [-0.05, 0) is 26.0 Å². The molecule has 0 aliphatic rings. The molecule has 2 aromatic heterocycles. The molecule has 0 fully saturated rings. The van der Waals surface area contributed by atoms with E-state index in [-0.39, 0.29) is 5.78 Å². The second-order valence-electron chi connectivity index (χ2n) is 3.31. The van der Waals surface area contributed by atoms with E-state index in [0.29, 0.717) is 6.42 Å². The fourth-order valence-corrected chi connectivity index (χ4v) is 1.51. The number of imidazole rings is 1. The number of aromatic nitrogens is 3. The lowest BCUT2D eigenvalue weighted by Gasteiger charge is -1.93. The van der Waals surface area contributed by atoms with Gasteiger partial charge in [-0.25, -0.2) is 9.50 Å². The first kappa shape index (κ1) is 8.87. The lowest BCUT2D eigenvalue weighted by atomic mass is 10.2. The molecule has 0 saturated carbocycles. The molecule has 0 unspecified atom stereocenters. The summed E-state index contributed by atoms with van der Waals surface area (Å²) in [7, 11) is 0. The van der Waals surface area contributed by atoms with Crippen molar-refractivity contribution in [3.63, 3.8) is 0 Å². The molecule has 2 aromatic rings. The first-order valence-electron chi connectivity index (χ1n) is 4.47. The zero-order chi connectivity index (χ0) is 10.1. The van der Waals surface area contributed by atoms with Gasteiger partial charge < -0.3 is 0 Å². The lowest BCUT2D eigenvalue weighted by molar-refractivity contribution is -0.116. The van der Waals surface area contributed by atoms with Crippen LogP contribution in [-0.4, -0.2) is 20.4 Å². The minimum Gasteiger partial charge on any atom is -0.300 e. The van der Waals surface area contributed by atoms with Crippen LogP contribution in [0.4, 0.5) is 0 Å². The van der Waals surface area contributed by atoms with Crippen LogP contribution in [0.3, 0.4) is 0 Å². The monoisotopic (exact) mass is 189 g/mol. The van der Waals surface area contributed by atoms with Crippen molar-refractivity contribution in [2.75, 3.05) is 0 Å². The predicted molar refractivity (Wildman–Crippen MR) is 52.1 cm³/mol. The summed E-state index contributed by atoms with van der Waals surface area (Å²) in [6.45, 7) is 3.44. The highest BCUT2D eigenvalue weighted by atomic mass is 16.1. The van der Waals surface area contributed by atoms with Crippen molar-refractivity contribution in [2.24, 2.45) is 0 Å². The number of Topliss-reactive ketones (excluding diaryl/α,β-unsaturated/α-hetero) is 1. The fourth-order valence-electron chi connectivity index (χ4n) is 1.51. The van der Waals surface area contributed by atoms with Crippen molar-refractivity contribution in [1.82, 2.24) is 14.6 Å². The first-order valence-corrected chi connectivity index (χ1v) is 4.47. The molecule has 0 atom stereocenters. The molecule has 0 amide bonds. The molecular formula is C10H11N3O. The second kappa shape index (κ2) is 3.21. The van der Waals surface area contributed by atoms with E-state index >= 15 is 0 Å². The molecule has 0 aliphatic carbocycles. The molecule has 0 bridgehead atoms. The Balaban J connectivity index is 2.60. The van der Waals surface area contributed by atoms with E-state index in [1.165, 1.54) is 0 Å². The molecule has 2 heterocycles. The molecule has 0 N–H and O–H groups in total. The van der Waals surface area contributed by atoms with Crippen molar-refractivity contribution in [1.29, 1.82) is 0 Å². The molecule has 4 heteroatoms. The van der Waals surface area contributed by atoms with Gasteiger partial charge in [-0.3, -0.25) is 4.79 Å². The molecule has 2 rings (SSSR count). The summed E-state index contributed by atoms with van der Waals surface area (Å²) in [4.78, 5) is 15.3. The van der Waals surface area contributed by atoms with Crippen molar-refractivity contribution < 1.29 is 4.79 Å². The number of hydrogen-bond donors (Lipinski definition) is 0. The molecule has 0 radical (unpaired) electrons. The molecule has 0 spiro atoms. The highest BCUT2D eigenvalue weighted by Gasteiger charge is 2.09. The third kappa shape index (κ3) is 1.39. The maximum absolute atomic E-state index is 11.0. The van der Waals surface area contributed by atoms with Crippen molar-refractivity contribution in [3.05, 3.63) is 29.8 Å². The highest BCUT2D eigenvalue weighted by molar-refractivity contribution is 5.80. The van der Waals surface area contributed by atoms with Crippen LogP contribution in [0.5, 0.6) is 0 Å². The normalized spacial score (nSPS) is 10.7. The topological polar surface area (TPSA) is 47.3 Å². The maximum Gasteiger partial charge on any atom is 0.135 e. The van der Waals surface area contributed by atoms with E-state index in [4.69, 9.17) is 0 Å². The summed E-state index contributed by atoms with van der Waals surface area (Å²) in [6, 6.07) is 3.77. The van der Waals surface area contributed by atoms with E-state index in [9.17, 15) is 4.79 Å². The van der Waals surface area contributed by atoms with Gasteiger partial charge in [0.15, 0.2) is 0 Å². The zero-order valence-electron chi connectivity index (χ0n) is 8.19. The van der Waals surface area contributed by atoms with Crippen LogP contribution in [0.1, 0.15) is 18.4 Å². The number of nitrogens with zero attached hydrogens (tertiary/aromatic N) is 3. The van der Waals surface area contributed by atoms with Crippen LogP contribution in [0.25, 0.3) is 5.52 Å². The van der Waals surface area contributed by atoms with Crippen LogP contribution in [-0.2, 0) is 11.2 Å². The fraction of sp³-hybridized carbons (Fsp3) is 0.300. The zero-order valence-corrected chi connectivity index (χ0v) is 8.19. The second-order valence-corrected chi connectivity index (χ2v) is 3.31. The molecule has 0 aromatic carbocycles. The molecule has 4 nitrogen and oxygen atoms in total. The van der Waals surface area contributed by atoms with Crippen molar-refractivity contribution in [2.45, 2.75) is 20.3 Å². The Kier molecular flexibility index (Phi) is 2.04. The largest absolute Gasteiger partial charge is 0.300 e. The Morgan fingerprint density at radius 3 is 3.07 bits per heavy atom. The summed E-state index contributed by atoms with van der Waals surface area (Å²) in [5, 5.41) is 4.15. The molecule has 0 aliphatic heterocycles. The minimum absolute atomic E-state index is 0.119. The standard InChI is InChI=1S/C10H11N3O/c1-7(14)6-9-10-4-3-5-11-13(10)8(2)12-9/h3-5H,6H2,1-2H3. The molecule has 0 saturated heterocycles. The van der Waals surface area contributed by atoms with Crippen molar-refractivity contribution in [3.8, 4) is 0 Å². The van der Waals surface area contributed by atoms with E-state index in [0.717, 1.165) is 17.0 Å². The van der Waals surface area contributed by atoms with Crippen molar-refractivity contribution >= 4 is 11.3 Å². The van der Waals surface area contributed by atoms with Gasteiger partial charge in [0.25, 0.3) is 0 Å². The van der Waals surface area contributed by atoms with Gasteiger partial charge in [0, 0.05) is 6.20 Å². The predicted octanol–water partition coefficient (Wildman–Crippen LogP) is 1.17. The van der Waals surface area contributed by atoms with Gasteiger partial charge in [0.2, 0.25) is 0 Å². The van der Waals surface area contributed by atoms with Gasteiger partial charge in [-0.1, -0.05) is 0 Å². The van der Waals surface area contributed by atoms with Gasteiger partial charge in [0.1, 0.15) is 11.6 Å². The Bertz CT molecular complexity index is 487. The Hall–Kier alpha value is -1.71. The first-order chi connectivity index (χ1) is 6.68. The maximum atomic E-state index is 11.0. The van der Waals surface area contributed by atoms with Crippen LogP contribution in [0.15, 0.2) is 18.3 Å². The van der Waals surface area contributed by atoms with Gasteiger partial charge in [-0.15, -0.1) is 0 Å². The number of hydrogen-bond acceptors (Lipinski definition) is 3. The van der Waals surface area contributed by atoms with E-state index in [1.54, 1.807) is 17.6 Å². The summed E-state index contributed by atoms with van der Waals surface area (Å²) in [5.74, 6) is 0.936. The van der Waals surface area contributed by atoms with E-state index < -0.39 is 0 Å². The third-order valence-electron chi connectivity index (χ3n) is 2.07. The number of carbonyl (C=O) groups excluding carboxylic acids is 1. The lowest BCUT2D eigenvalue weighted by Crippen LogP contribution is -1.97. The number of fused-ring (bicyclic) bond motifs is 1. The van der Waals surface area contributed by atoms with Gasteiger partial charge in [0.05, 0.1) is 17.6 Å². The molecule has 14 heavy (non-hydrogen) atoms. The highest BCUT2D eigenvalue weighted by Crippen LogP contribution is 2.11. The van der Waals surface area contributed by atoms with E-state index in [1.807, 2.05) is 19.1 Å². The molecular weight excluding hydrogens is 178 g/mol. The van der Waals surface area contributed by atoms with Gasteiger partial charge >= 0.3 is 0 Å². The number of ketones is 1. The van der Waals surface area contributed by atoms with E-state index in [2.05, 4.69) is 10.1 Å². The summed E-state index contributed by atoms with van der Waals surface area (Å²) in [6.07, 6.45) is 2.09. The smallest absolute Gasteiger partial charge is 0.135 e. The van der Waals surface area contributed by atoms with Crippen LogP contribution in [0.2, 0.25) is 0 Å².